The van der Waals surface area contributed by atoms with Gasteiger partial charge in [-0.2, -0.15) is 17.0 Å². The maximum atomic E-state index is 12.3. The van der Waals surface area contributed by atoms with E-state index in [0.717, 1.165) is 6.42 Å². The van der Waals surface area contributed by atoms with Crippen molar-refractivity contribution in [2.24, 2.45) is 0 Å². The van der Waals surface area contributed by atoms with Gasteiger partial charge < -0.3 is 4.90 Å². The van der Waals surface area contributed by atoms with Crippen molar-refractivity contribution in [2.75, 3.05) is 40.3 Å². The number of carbonyl (C=O) groups is 1. The molecule has 0 N–H and O–H groups in total. The molecule has 1 aromatic rings. The van der Waals surface area contributed by atoms with Crippen molar-refractivity contribution in [3.8, 4) is 0 Å². The molecule has 2 heterocycles. The predicted octanol–water partition coefficient (Wildman–Crippen LogP) is 1.02. The van der Waals surface area contributed by atoms with E-state index in [1.165, 1.54) is 27.6 Å². The lowest BCUT2D eigenvalue weighted by Crippen LogP contribution is -2.42. The van der Waals surface area contributed by atoms with Crippen molar-refractivity contribution in [3.05, 3.63) is 22.4 Å². The van der Waals surface area contributed by atoms with Crippen LogP contribution in [0.3, 0.4) is 0 Å². The first-order valence-electron chi connectivity index (χ1n) is 7.39. The maximum Gasteiger partial charge on any atom is 0.281 e. The van der Waals surface area contributed by atoms with Crippen LogP contribution in [0.15, 0.2) is 17.5 Å². The fourth-order valence-electron chi connectivity index (χ4n) is 2.45. The van der Waals surface area contributed by atoms with Gasteiger partial charge in [0, 0.05) is 51.6 Å². The molecular weight excluding hydrogens is 322 g/mol. The maximum absolute atomic E-state index is 12.3. The van der Waals surface area contributed by atoms with E-state index in [4.69, 9.17) is 0 Å². The van der Waals surface area contributed by atoms with Gasteiger partial charge in [-0.15, -0.1) is 11.3 Å². The first kappa shape index (κ1) is 17.4. The van der Waals surface area contributed by atoms with Crippen LogP contribution < -0.4 is 0 Å². The Morgan fingerprint density at radius 2 is 2.05 bits per heavy atom. The molecule has 0 unspecified atom stereocenters. The molecular formula is C14H23N3O3S2. The van der Waals surface area contributed by atoms with Crippen molar-refractivity contribution in [1.82, 2.24) is 13.5 Å². The summed E-state index contributed by atoms with van der Waals surface area (Å²) in [6, 6.07) is 4.02. The average Bonchev–Trinajstić information content (AvgIpc) is 2.86. The van der Waals surface area contributed by atoms with Gasteiger partial charge in [0.25, 0.3) is 10.2 Å². The van der Waals surface area contributed by atoms with Crippen LogP contribution >= 0.6 is 11.3 Å². The summed E-state index contributed by atoms with van der Waals surface area (Å²) in [5, 5.41) is 2.01. The summed E-state index contributed by atoms with van der Waals surface area (Å²) in [7, 11) is -0.326. The van der Waals surface area contributed by atoms with Gasteiger partial charge in [-0.1, -0.05) is 6.07 Å². The highest BCUT2D eigenvalue weighted by molar-refractivity contribution is 7.86. The molecule has 1 aliphatic heterocycles. The Balaban J connectivity index is 1.88. The van der Waals surface area contributed by atoms with E-state index in [2.05, 4.69) is 0 Å². The summed E-state index contributed by atoms with van der Waals surface area (Å²) in [4.78, 5) is 15.3. The van der Waals surface area contributed by atoms with E-state index >= 15 is 0 Å². The molecule has 0 spiro atoms. The summed E-state index contributed by atoms with van der Waals surface area (Å²) in [5.74, 6) is 0.109. The van der Waals surface area contributed by atoms with Gasteiger partial charge in [-0.3, -0.25) is 4.79 Å². The highest BCUT2D eigenvalue weighted by Crippen LogP contribution is 2.14. The summed E-state index contributed by atoms with van der Waals surface area (Å²) in [6.07, 6.45) is 1.92. The Kier molecular flexibility index (Phi) is 5.96. The Hall–Kier alpha value is -0.960. The fraction of sp³-hybridized carbons (Fsp3) is 0.643. The third-order valence-electron chi connectivity index (χ3n) is 3.76. The third kappa shape index (κ3) is 4.28. The van der Waals surface area contributed by atoms with E-state index in [9.17, 15) is 13.2 Å². The standard InChI is InChI=1S/C14H23N3O3S2/c1-15(2)22(19,20)17-9-4-8-16(10-11-17)14(18)7-6-13-5-3-12-21-13/h3,5,12H,4,6-11H2,1-2H3. The number of amides is 1. The first-order valence-corrected chi connectivity index (χ1v) is 9.66. The molecule has 0 saturated carbocycles. The van der Waals surface area contributed by atoms with Crippen molar-refractivity contribution in [3.63, 3.8) is 0 Å². The molecule has 0 radical (unpaired) electrons. The summed E-state index contributed by atoms with van der Waals surface area (Å²) < 4.78 is 27.0. The molecule has 124 valence electrons. The quantitative estimate of drug-likeness (QED) is 0.800. The molecule has 1 fully saturated rings. The van der Waals surface area contributed by atoms with Gasteiger partial charge in [-0.25, -0.2) is 0 Å². The number of carbonyl (C=O) groups excluding carboxylic acids is 1. The molecule has 0 atom stereocenters. The number of aryl methyl sites for hydroxylation is 1. The Labute approximate surface area is 136 Å². The molecule has 0 aromatic carbocycles. The van der Waals surface area contributed by atoms with Gasteiger partial charge >= 0.3 is 0 Å². The predicted molar refractivity (Wildman–Crippen MR) is 88.0 cm³/mol. The lowest BCUT2D eigenvalue weighted by molar-refractivity contribution is -0.131. The summed E-state index contributed by atoms with van der Waals surface area (Å²) >= 11 is 1.66. The van der Waals surface area contributed by atoms with Crippen LogP contribution in [0.25, 0.3) is 0 Å². The minimum Gasteiger partial charge on any atom is -0.341 e. The van der Waals surface area contributed by atoms with Gasteiger partial charge in [0.2, 0.25) is 5.91 Å². The van der Waals surface area contributed by atoms with Crippen LogP contribution in [0, 0.1) is 0 Å². The second-order valence-corrected chi connectivity index (χ2v) is 8.68. The zero-order chi connectivity index (χ0) is 16.2. The van der Waals surface area contributed by atoms with Crippen molar-refractivity contribution < 1.29 is 13.2 Å². The minimum atomic E-state index is -3.39. The largest absolute Gasteiger partial charge is 0.341 e. The van der Waals surface area contributed by atoms with Crippen molar-refractivity contribution >= 4 is 27.5 Å². The molecule has 6 nitrogen and oxygen atoms in total. The highest BCUT2D eigenvalue weighted by atomic mass is 32.2. The highest BCUT2D eigenvalue weighted by Gasteiger charge is 2.28. The van der Waals surface area contributed by atoms with Gasteiger partial charge in [0.05, 0.1) is 0 Å². The number of hydrogen-bond donors (Lipinski definition) is 0. The third-order valence-corrected chi connectivity index (χ3v) is 6.64. The van der Waals surface area contributed by atoms with Crippen LogP contribution in [-0.2, 0) is 21.4 Å². The topological polar surface area (TPSA) is 60.9 Å². The summed E-state index contributed by atoms with van der Waals surface area (Å²) in [6.45, 7) is 1.93. The number of thiophene rings is 1. The zero-order valence-electron chi connectivity index (χ0n) is 13.1. The van der Waals surface area contributed by atoms with E-state index in [1.54, 1.807) is 16.2 Å². The van der Waals surface area contributed by atoms with E-state index in [0.29, 0.717) is 39.0 Å². The number of hydrogen-bond acceptors (Lipinski definition) is 4. The molecule has 1 aliphatic rings. The monoisotopic (exact) mass is 345 g/mol. The SMILES string of the molecule is CN(C)S(=O)(=O)N1CCCN(C(=O)CCc2cccs2)CC1. The fourth-order valence-corrected chi connectivity index (χ4v) is 4.29. The van der Waals surface area contributed by atoms with E-state index in [-0.39, 0.29) is 5.91 Å². The number of nitrogens with zero attached hydrogens (tertiary/aromatic N) is 3. The Morgan fingerprint density at radius 3 is 2.68 bits per heavy atom. The molecule has 8 heteroatoms. The lowest BCUT2D eigenvalue weighted by atomic mass is 10.2. The smallest absolute Gasteiger partial charge is 0.281 e. The van der Waals surface area contributed by atoms with Crippen LogP contribution in [-0.4, -0.2) is 68.1 Å². The second kappa shape index (κ2) is 7.54. The number of rotatable bonds is 5. The van der Waals surface area contributed by atoms with Crippen molar-refractivity contribution in [1.29, 1.82) is 0 Å². The molecule has 0 aliphatic carbocycles. The minimum absolute atomic E-state index is 0.109. The van der Waals surface area contributed by atoms with Gasteiger partial charge in [0.1, 0.15) is 0 Å². The van der Waals surface area contributed by atoms with Crippen molar-refractivity contribution in [2.45, 2.75) is 19.3 Å². The van der Waals surface area contributed by atoms with E-state index in [1.807, 2.05) is 17.5 Å². The average molecular weight is 345 g/mol. The molecule has 1 saturated heterocycles. The van der Waals surface area contributed by atoms with Gasteiger partial charge in [0.15, 0.2) is 0 Å². The molecule has 1 aromatic heterocycles. The van der Waals surface area contributed by atoms with E-state index < -0.39 is 10.2 Å². The van der Waals surface area contributed by atoms with Crippen LogP contribution in [0.1, 0.15) is 17.7 Å². The molecule has 2 rings (SSSR count). The summed E-state index contributed by atoms with van der Waals surface area (Å²) in [5.41, 5.74) is 0. The van der Waals surface area contributed by atoms with Crippen LogP contribution in [0.5, 0.6) is 0 Å². The van der Waals surface area contributed by atoms with Gasteiger partial charge in [-0.05, 0) is 24.3 Å². The normalized spacial score (nSPS) is 17.7. The Morgan fingerprint density at radius 1 is 1.27 bits per heavy atom. The lowest BCUT2D eigenvalue weighted by Gasteiger charge is -2.24. The van der Waals surface area contributed by atoms with Crippen LogP contribution in [0.2, 0.25) is 0 Å². The molecule has 1 amide bonds. The first-order chi connectivity index (χ1) is 10.4. The Bertz CT molecular complexity index is 584. The zero-order valence-corrected chi connectivity index (χ0v) is 14.7. The molecule has 0 bridgehead atoms. The molecule has 22 heavy (non-hydrogen) atoms. The van der Waals surface area contributed by atoms with Crippen LogP contribution in [0.4, 0.5) is 0 Å². The second-order valence-electron chi connectivity index (χ2n) is 5.50.